The molecule has 7 nitrogen and oxygen atoms in total. The number of fused-ring (bicyclic) bond motifs is 2. The number of sulfone groups is 1. The minimum Gasteiger partial charge on any atom is -0.451 e. The fourth-order valence-corrected chi connectivity index (χ4v) is 9.11. The summed E-state index contributed by atoms with van der Waals surface area (Å²) in [7, 11) is -3.85. The molecule has 4 aliphatic rings. The zero-order valence-corrected chi connectivity index (χ0v) is 22.0. The third kappa shape index (κ3) is 3.59. The van der Waals surface area contributed by atoms with Gasteiger partial charge in [0.15, 0.2) is 21.3 Å². The van der Waals surface area contributed by atoms with E-state index in [1.165, 1.54) is 25.2 Å². The number of carbonyl (C=O) groups is 2. The van der Waals surface area contributed by atoms with E-state index in [1.54, 1.807) is 0 Å². The maximum Gasteiger partial charge on any atom is 0.331 e. The topological polar surface area (TPSA) is 90.0 Å². The summed E-state index contributed by atoms with van der Waals surface area (Å²) in [6.45, 7) is 3.07. The molecule has 4 atom stereocenters. The lowest BCUT2D eigenvalue weighted by Gasteiger charge is -2.44. The zero-order valence-electron chi connectivity index (χ0n) is 21.2. The van der Waals surface area contributed by atoms with Crippen LogP contribution in [0.2, 0.25) is 0 Å². The van der Waals surface area contributed by atoms with Crippen molar-refractivity contribution in [1.82, 2.24) is 4.90 Å². The molecule has 2 aliphatic heterocycles. The van der Waals surface area contributed by atoms with Gasteiger partial charge >= 0.3 is 5.97 Å². The van der Waals surface area contributed by atoms with Gasteiger partial charge in [-0.3, -0.25) is 4.79 Å². The van der Waals surface area contributed by atoms with Crippen molar-refractivity contribution < 1.29 is 27.5 Å². The van der Waals surface area contributed by atoms with Crippen LogP contribution in [-0.2, 0) is 28.9 Å². The molecule has 8 heteroatoms. The first-order valence-electron chi connectivity index (χ1n) is 13.2. The van der Waals surface area contributed by atoms with E-state index in [2.05, 4.69) is 0 Å². The van der Waals surface area contributed by atoms with Gasteiger partial charge in [-0.25, -0.2) is 13.2 Å². The second-order valence-corrected chi connectivity index (χ2v) is 14.0. The molecule has 6 rings (SSSR count). The summed E-state index contributed by atoms with van der Waals surface area (Å²) in [6, 6.07) is 17.5. The predicted octanol–water partition coefficient (Wildman–Crippen LogP) is 4.17. The first-order chi connectivity index (χ1) is 17.7. The normalized spacial score (nSPS) is 31.7. The Morgan fingerprint density at radius 1 is 0.946 bits per heavy atom. The lowest BCUT2D eigenvalue weighted by Crippen LogP contribution is -2.66. The van der Waals surface area contributed by atoms with Crippen LogP contribution in [0.1, 0.15) is 69.6 Å². The van der Waals surface area contributed by atoms with Crippen LogP contribution < -0.4 is 0 Å². The smallest absolute Gasteiger partial charge is 0.331 e. The van der Waals surface area contributed by atoms with E-state index in [0.29, 0.717) is 6.42 Å². The molecule has 2 saturated carbocycles. The molecule has 4 fully saturated rings. The van der Waals surface area contributed by atoms with Crippen LogP contribution in [0.3, 0.4) is 0 Å². The van der Waals surface area contributed by atoms with Gasteiger partial charge in [-0.05, 0) is 44.2 Å². The Labute approximate surface area is 218 Å². The Morgan fingerprint density at radius 3 is 2.08 bits per heavy atom. The van der Waals surface area contributed by atoms with Gasteiger partial charge in [-0.15, -0.1) is 0 Å². The van der Waals surface area contributed by atoms with Gasteiger partial charge in [0, 0.05) is 0 Å². The maximum atomic E-state index is 13.8. The Kier molecular flexibility index (Phi) is 5.77. The summed E-state index contributed by atoms with van der Waals surface area (Å²) in [5.41, 5.74) is 0.486. The Balaban J connectivity index is 1.28. The molecule has 2 heterocycles. The van der Waals surface area contributed by atoms with Crippen molar-refractivity contribution in [2.45, 2.75) is 86.8 Å². The third-order valence-electron chi connectivity index (χ3n) is 8.80. The summed E-state index contributed by atoms with van der Waals surface area (Å²) in [5.74, 6) is -1.01. The number of benzene rings is 2. The number of esters is 1. The van der Waals surface area contributed by atoms with E-state index < -0.39 is 49.6 Å². The van der Waals surface area contributed by atoms with Gasteiger partial charge in [0.1, 0.15) is 11.5 Å². The minimum absolute atomic E-state index is 0.0790. The van der Waals surface area contributed by atoms with E-state index in [4.69, 9.17) is 9.47 Å². The van der Waals surface area contributed by atoms with Crippen molar-refractivity contribution in [3.8, 4) is 0 Å². The van der Waals surface area contributed by atoms with E-state index >= 15 is 0 Å². The largest absolute Gasteiger partial charge is 0.451 e. The predicted molar refractivity (Wildman–Crippen MR) is 137 cm³/mol. The number of carbonyl (C=O) groups excluding carboxylic acids is 2. The second-order valence-electron chi connectivity index (χ2n) is 11.4. The quantitative estimate of drug-likeness (QED) is 0.417. The first-order valence-corrected chi connectivity index (χ1v) is 14.8. The molecule has 2 aromatic carbocycles. The summed E-state index contributed by atoms with van der Waals surface area (Å²) in [6.07, 6.45) is 4.63. The second kappa shape index (κ2) is 8.67. The highest BCUT2D eigenvalue weighted by Crippen LogP contribution is 2.67. The Bertz CT molecular complexity index is 1260. The number of hydrogen-bond acceptors (Lipinski definition) is 6. The number of β-lactam (4-membered cyclic amide) rings is 1. The summed E-state index contributed by atoms with van der Waals surface area (Å²) in [5, 5.41) is -1.04. The van der Waals surface area contributed by atoms with Crippen LogP contribution in [0.5, 0.6) is 0 Å². The van der Waals surface area contributed by atoms with Crippen LogP contribution >= 0.6 is 0 Å². The van der Waals surface area contributed by atoms with Crippen LogP contribution in [0.15, 0.2) is 60.7 Å². The molecule has 2 aromatic rings. The van der Waals surface area contributed by atoms with Crippen molar-refractivity contribution in [1.29, 1.82) is 0 Å². The minimum atomic E-state index is -3.85. The number of amides is 1. The molecule has 2 saturated heterocycles. The summed E-state index contributed by atoms with van der Waals surface area (Å²) in [4.78, 5) is 28.6. The highest BCUT2D eigenvalue weighted by atomic mass is 32.2. The summed E-state index contributed by atoms with van der Waals surface area (Å²) < 4.78 is 38.4. The van der Waals surface area contributed by atoms with Gasteiger partial charge < -0.3 is 14.4 Å². The van der Waals surface area contributed by atoms with E-state index in [0.717, 1.165) is 36.8 Å². The van der Waals surface area contributed by atoms with Gasteiger partial charge in [-0.1, -0.05) is 79.9 Å². The van der Waals surface area contributed by atoms with Crippen molar-refractivity contribution in [2.24, 2.45) is 5.41 Å². The van der Waals surface area contributed by atoms with E-state index in [9.17, 15) is 18.0 Å². The third-order valence-corrected chi connectivity index (χ3v) is 11.7. The molecular weight excluding hydrogens is 490 g/mol. The van der Waals surface area contributed by atoms with Crippen molar-refractivity contribution in [3.05, 3.63) is 71.8 Å². The highest BCUT2D eigenvalue weighted by Gasteiger charge is 2.86. The van der Waals surface area contributed by atoms with Crippen molar-refractivity contribution in [2.75, 3.05) is 0 Å². The van der Waals surface area contributed by atoms with Crippen LogP contribution in [0.25, 0.3) is 0 Å². The maximum absolute atomic E-state index is 13.8. The average molecular weight is 524 g/mol. The lowest BCUT2D eigenvalue weighted by molar-refractivity contribution is -0.173. The molecule has 0 aromatic heterocycles. The fourth-order valence-electron chi connectivity index (χ4n) is 6.59. The molecule has 2 aliphatic carbocycles. The molecule has 1 amide bonds. The molecule has 37 heavy (non-hydrogen) atoms. The standard InChI is InChI=1S/C29H33NO6S/c1-28(2)24(25(31)36-23(19-12-6-3-7-13-19)20-14-8-4-9-15-20)30-26(32)29(27(30)37(28,33)34)18-22(29)35-21-16-10-5-11-17-21/h3-4,6-9,12-15,21-24,27H,5,10-11,16-18H2,1-2H3/t22-,24+,27-,29+/m1/s1. The number of rotatable bonds is 6. The molecule has 1 spiro atoms. The fraction of sp³-hybridized carbons (Fsp3) is 0.517. The van der Waals surface area contributed by atoms with Crippen molar-refractivity contribution in [3.63, 3.8) is 0 Å². The first kappa shape index (κ1) is 24.6. The van der Waals surface area contributed by atoms with Crippen LogP contribution in [-0.4, -0.2) is 53.6 Å². The number of ether oxygens (including phenoxy) is 2. The molecule has 0 radical (unpaired) electrons. The van der Waals surface area contributed by atoms with E-state index in [1.807, 2.05) is 60.7 Å². The Morgan fingerprint density at radius 2 is 1.51 bits per heavy atom. The summed E-state index contributed by atoms with van der Waals surface area (Å²) >= 11 is 0. The number of hydrogen-bond donors (Lipinski definition) is 0. The monoisotopic (exact) mass is 523 g/mol. The van der Waals surface area contributed by atoms with Gasteiger partial charge in [0.05, 0.1) is 17.0 Å². The van der Waals surface area contributed by atoms with E-state index in [-0.39, 0.29) is 12.0 Å². The lowest BCUT2D eigenvalue weighted by atomic mass is 9.88. The molecule has 0 unspecified atom stereocenters. The van der Waals surface area contributed by atoms with Gasteiger partial charge in [0.25, 0.3) is 0 Å². The highest BCUT2D eigenvalue weighted by molar-refractivity contribution is 7.94. The molecule has 196 valence electrons. The van der Waals surface area contributed by atoms with Crippen LogP contribution in [0.4, 0.5) is 0 Å². The Hall–Kier alpha value is -2.71. The number of nitrogens with zero attached hydrogens (tertiary/aromatic N) is 1. The SMILES string of the molecule is CC1(C)[C@H](C(=O)OC(c2ccccc2)c2ccccc2)N2C(=O)[C@@]3(C[C@H]3OC3CCCCC3)[C@H]2S1(=O)=O. The zero-order chi connectivity index (χ0) is 26.0. The van der Waals surface area contributed by atoms with Crippen molar-refractivity contribution >= 4 is 21.7 Å². The van der Waals surface area contributed by atoms with Gasteiger partial charge in [-0.2, -0.15) is 0 Å². The average Bonchev–Trinajstić information content (AvgIpc) is 3.60. The van der Waals surface area contributed by atoms with Crippen LogP contribution in [0, 0.1) is 5.41 Å². The molecule has 0 N–H and O–H groups in total. The van der Waals surface area contributed by atoms with Gasteiger partial charge in [0.2, 0.25) is 5.91 Å². The molecular formula is C29H33NO6S. The molecule has 0 bridgehead atoms.